The van der Waals surface area contributed by atoms with Crippen LogP contribution in [-0.4, -0.2) is 19.1 Å². The van der Waals surface area contributed by atoms with Crippen LogP contribution in [0.3, 0.4) is 0 Å². The molecule has 0 aromatic heterocycles. The van der Waals surface area contributed by atoms with E-state index in [9.17, 15) is 4.79 Å². The maximum atomic E-state index is 11.3. The summed E-state index contributed by atoms with van der Waals surface area (Å²) in [6, 6.07) is 8.86. The lowest BCUT2D eigenvalue weighted by atomic mass is 10.2. The maximum Gasteiger partial charge on any atom is 0.257 e. The molecule has 0 fully saturated rings. The molecule has 1 aromatic rings. The number of carbonyl (C=O) groups is 1. The highest BCUT2D eigenvalue weighted by molar-refractivity contribution is 9.10. The van der Waals surface area contributed by atoms with E-state index >= 15 is 0 Å². The van der Waals surface area contributed by atoms with Crippen LogP contribution in [0, 0.1) is 22.7 Å². The van der Waals surface area contributed by atoms with Crippen molar-refractivity contribution in [1.29, 1.82) is 10.5 Å². The molecule has 0 aliphatic rings. The van der Waals surface area contributed by atoms with Crippen molar-refractivity contribution in [2.75, 3.05) is 13.2 Å². The number of ether oxygens (including phenoxy) is 1. The van der Waals surface area contributed by atoms with Crippen LogP contribution in [0.15, 0.2) is 22.7 Å². The van der Waals surface area contributed by atoms with Crippen molar-refractivity contribution in [2.24, 2.45) is 0 Å². The summed E-state index contributed by atoms with van der Waals surface area (Å²) < 4.78 is 6.01. The van der Waals surface area contributed by atoms with Crippen molar-refractivity contribution in [3.63, 3.8) is 0 Å². The highest BCUT2D eigenvalue weighted by atomic mass is 79.9. The highest BCUT2D eigenvalue weighted by Crippen LogP contribution is 2.22. The van der Waals surface area contributed by atoms with Crippen molar-refractivity contribution in [3.05, 3.63) is 28.2 Å². The SMILES string of the molecule is N#CCCNC(=O)COc1ccc(Br)cc1C#N. The van der Waals surface area contributed by atoms with E-state index in [1.165, 1.54) is 0 Å². The van der Waals surface area contributed by atoms with E-state index in [1.807, 2.05) is 12.1 Å². The fourth-order valence-corrected chi connectivity index (χ4v) is 1.53. The van der Waals surface area contributed by atoms with Crippen molar-refractivity contribution < 1.29 is 9.53 Å². The predicted octanol–water partition coefficient (Wildman–Crippen LogP) is 1.73. The van der Waals surface area contributed by atoms with Gasteiger partial charge in [0, 0.05) is 11.0 Å². The normalized spacial score (nSPS) is 9.06. The molecule has 1 N–H and O–H groups in total. The number of benzene rings is 1. The Balaban J connectivity index is 2.51. The average Bonchev–Trinajstić information content (AvgIpc) is 2.37. The first-order chi connectivity index (χ1) is 8.67. The smallest absolute Gasteiger partial charge is 0.257 e. The van der Waals surface area contributed by atoms with E-state index in [-0.39, 0.29) is 18.9 Å². The molecule has 5 nitrogen and oxygen atoms in total. The Labute approximate surface area is 113 Å². The monoisotopic (exact) mass is 307 g/mol. The Bertz CT molecular complexity index is 517. The minimum Gasteiger partial charge on any atom is -0.482 e. The molecule has 0 aliphatic carbocycles. The fourth-order valence-electron chi connectivity index (χ4n) is 1.17. The lowest BCUT2D eigenvalue weighted by molar-refractivity contribution is -0.123. The van der Waals surface area contributed by atoms with Gasteiger partial charge < -0.3 is 10.1 Å². The minimum atomic E-state index is -0.322. The fraction of sp³-hybridized carbons (Fsp3) is 0.250. The molecule has 0 unspecified atom stereocenters. The third-order valence-electron chi connectivity index (χ3n) is 1.98. The van der Waals surface area contributed by atoms with Crippen LogP contribution in [0.2, 0.25) is 0 Å². The highest BCUT2D eigenvalue weighted by Gasteiger charge is 2.06. The van der Waals surface area contributed by atoms with Gasteiger partial charge in [-0.25, -0.2) is 0 Å². The standard InChI is InChI=1S/C12H10BrN3O2/c13-10-2-3-11(9(6-10)7-15)18-8-12(17)16-5-1-4-14/h2-3,6H,1,5,8H2,(H,16,17). The van der Waals surface area contributed by atoms with Gasteiger partial charge in [-0.15, -0.1) is 0 Å². The van der Waals surface area contributed by atoms with Crippen LogP contribution >= 0.6 is 15.9 Å². The summed E-state index contributed by atoms with van der Waals surface area (Å²) in [6.45, 7) is 0.117. The topological polar surface area (TPSA) is 85.9 Å². The summed E-state index contributed by atoms with van der Waals surface area (Å²) in [6.07, 6.45) is 0.257. The summed E-state index contributed by atoms with van der Waals surface area (Å²) in [7, 11) is 0. The molecular weight excluding hydrogens is 298 g/mol. The Morgan fingerprint density at radius 3 is 2.89 bits per heavy atom. The average molecular weight is 308 g/mol. The maximum absolute atomic E-state index is 11.3. The quantitative estimate of drug-likeness (QED) is 0.839. The van der Waals surface area contributed by atoms with Crippen LogP contribution in [0.4, 0.5) is 0 Å². The van der Waals surface area contributed by atoms with Gasteiger partial charge in [0.25, 0.3) is 5.91 Å². The first-order valence-electron chi connectivity index (χ1n) is 5.13. The van der Waals surface area contributed by atoms with Gasteiger partial charge in [-0.3, -0.25) is 4.79 Å². The van der Waals surface area contributed by atoms with Crippen molar-refractivity contribution in [1.82, 2.24) is 5.32 Å². The second-order valence-corrected chi connectivity index (χ2v) is 4.21. The van der Waals surface area contributed by atoms with Gasteiger partial charge in [-0.05, 0) is 18.2 Å². The molecule has 0 bridgehead atoms. The zero-order valence-corrected chi connectivity index (χ0v) is 11.0. The number of hydrogen-bond donors (Lipinski definition) is 1. The van der Waals surface area contributed by atoms with E-state index in [4.69, 9.17) is 15.3 Å². The Hall–Kier alpha value is -2.05. The molecule has 18 heavy (non-hydrogen) atoms. The minimum absolute atomic E-state index is 0.179. The van der Waals surface area contributed by atoms with Gasteiger partial charge in [0.15, 0.2) is 6.61 Å². The van der Waals surface area contributed by atoms with Crippen LogP contribution in [-0.2, 0) is 4.79 Å². The lowest BCUT2D eigenvalue weighted by Crippen LogP contribution is -2.29. The third-order valence-corrected chi connectivity index (χ3v) is 2.47. The van der Waals surface area contributed by atoms with Gasteiger partial charge in [-0.2, -0.15) is 10.5 Å². The van der Waals surface area contributed by atoms with Gasteiger partial charge in [-0.1, -0.05) is 15.9 Å². The zero-order chi connectivity index (χ0) is 13.4. The lowest BCUT2D eigenvalue weighted by Gasteiger charge is -2.08. The number of nitrogens with one attached hydrogen (secondary N) is 1. The van der Waals surface area contributed by atoms with Gasteiger partial charge in [0.05, 0.1) is 18.1 Å². The Kier molecular flexibility index (Phi) is 5.69. The number of rotatable bonds is 5. The van der Waals surface area contributed by atoms with Crippen molar-refractivity contribution in [2.45, 2.75) is 6.42 Å². The summed E-state index contributed by atoms with van der Waals surface area (Å²) in [5, 5.41) is 19.7. The number of carbonyl (C=O) groups excluding carboxylic acids is 1. The summed E-state index contributed by atoms with van der Waals surface area (Å²) in [4.78, 5) is 11.3. The second-order valence-electron chi connectivity index (χ2n) is 3.30. The molecule has 1 amide bonds. The van der Waals surface area contributed by atoms with Crippen LogP contribution in [0.25, 0.3) is 0 Å². The molecule has 6 heteroatoms. The third kappa shape index (κ3) is 4.44. The number of nitrogens with zero attached hydrogens (tertiary/aromatic N) is 2. The summed E-state index contributed by atoms with van der Waals surface area (Å²) >= 11 is 3.24. The molecule has 0 aliphatic heterocycles. The van der Waals surface area contributed by atoms with Crippen LogP contribution in [0.5, 0.6) is 5.75 Å². The molecule has 1 aromatic carbocycles. The zero-order valence-electron chi connectivity index (χ0n) is 9.44. The summed E-state index contributed by atoms with van der Waals surface area (Å²) in [5.41, 5.74) is 0.356. The van der Waals surface area contributed by atoms with Gasteiger partial charge in [0.2, 0.25) is 0 Å². The number of nitriles is 2. The molecule has 1 rings (SSSR count). The molecule has 0 heterocycles. The Morgan fingerprint density at radius 1 is 1.44 bits per heavy atom. The van der Waals surface area contributed by atoms with E-state index < -0.39 is 0 Å². The van der Waals surface area contributed by atoms with Gasteiger partial charge >= 0.3 is 0 Å². The summed E-state index contributed by atoms with van der Waals surface area (Å²) in [5.74, 6) is 0.0354. The number of halogens is 1. The predicted molar refractivity (Wildman–Crippen MR) is 67.6 cm³/mol. The number of amides is 1. The van der Waals surface area contributed by atoms with Gasteiger partial charge in [0.1, 0.15) is 11.8 Å². The largest absolute Gasteiger partial charge is 0.482 e. The molecule has 0 spiro atoms. The van der Waals surface area contributed by atoms with Crippen molar-refractivity contribution in [3.8, 4) is 17.9 Å². The van der Waals surface area contributed by atoms with E-state index in [0.29, 0.717) is 17.9 Å². The molecule has 0 atom stereocenters. The van der Waals surface area contributed by atoms with Crippen LogP contribution in [0.1, 0.15) is 12.0 Å². The molecule has 0 saturated heterocycles. The van der Waals surface area contributed by atoms with E-state index in [0.717, 1.165) is 4.47 Å². The number of hydrogen-bond acceptors (Lipinski definition) is 4. The van der Waals surface area contributed by atoms with Crippen LogP contribution < -0.4 is 10.1 Å². The molecular formula is C12H10BrN3O2. The van der Waals surface area contributed by atoms with E-state index in [1.54, 1.807) is 18.2 Å². The molecule has 92 valence electrons. The first-order valence-corrected chi connectivity index (χ1v) is 5.92. The van der Waals surface area contributed by atoms with Crippen molar-refractivity contribution >= 4 is 21.8 Å². The van der Waals surface area contributed by atoms with E-state index in [2.05, 4.69) is 21.2 Å². The molecule has 0 radical (unpaired) electrons. The molecule has 0 saturated carbocycles. The first kappa shape index (κ1) is 14.0. The Morgan fingerprint density at radius 2 is 2.22 bits per heavy atom. The second kappa shape index (κ2) is 7.31.